The average Bonchev–Trinajstić information content (AvgIpc) is 3.17. The van der Waals surface area contributed by atoms with E-state index in [9.17, 15) is 9.59 Å². The molecule has 1 aromatic heterocycles. The predicted octanol–water partition coefficient (Wildman–Crippen LogP) is 1.58. The van der Waals surface area contributed by atoms with E-state index in [1.807, 2.05) is 40.8 Å². The molecule has 1 atom stereocenters. The van der Waals surface area contributed by atoms with Crippen LogP contribution in [0.25, 0.3) is 0 Å². The summed E-state index contributed by atoms with van der Waals surface area (Å²) in [5.74, 6) is 0.281. The van der Waals surface area contributed by atoms with Crippen LogP contribution in [-0.2, 0) is 10.3 Å². The molecule has 0 saturated carbocycles. The maximum Gasteiger partial charge on any atom is 0.255 e. The number of rotatable bonds is 2. The number of amides is 2. The molecule has 2 aliphatic rings. The molecule has 9 heteroatoms. The Balaban J connectivity index is 1.66. The number of allylic oxidation sites excluding steroid dienone is 1. The highest BCUT2D eigenvalue weighted by Gasteiger charge is 2.36. The first-order chi connectivity index (χ1) is 12.7. The SMILES string of the molecule is CC1=C(C(=O)Nc2ccc3c(c2)C(C)(C)NC3=O)C(C)n2nnnc2N1C. The number of benzene rings is 1. The van der Waals surface area contributed by atoms with Gasteiger partial charge in [-0.2, -0.15) is 0 Å². The van der Waals surface area contributed by atoms with Gasteiger partial charge in [0, 0.05) is 24.0 Å². The second kappa shape index (κ2) is 5.63. The van der Waals surface area contributed by atoms with Crippen molar-refractivity contribution in [3.05, 3.63) is 40.6 Å². The third-order valence-electron chi connectivity index (χ3n) is 5.32. The summed E-state index contributed by atoms with van der Waals surface area (Å²) in [5, 5.41) is 17.6. The van der Waals surface area contributed by atoms with Crippen molar-refractivity contribution in [3.8, 4) is 0 Å². The molecule has 140 valence electrons. The Bertz CT molecular complexity index is 1000. The first kappa shape index (κ1) is 17.2. The van der Waals surface area contributed by atoms with Crippen LogP contribution in [0.5, 0.6) is 0 Å². The molecule has 1 unspecified atom stereocenters. The number of nitrogens with one attached hydrogen (secondary N) is 2. The van der Waals surface area contributed by atoms with E-state index in [0.717, 1.165) is 11.3 Å². The molecule has 0 bridgehead atoms. The molecule has 0 aliphatic carbocycles. The van der Waals surface area contributed by atoms with Gasteiger partial charge in [-0.1, -0.05) is 5.10 Å². The van der Waals surface area contributed by atoms with Gasteiger partial charge in [-0.05, 0) is 61.9 Å². The molecule has 9 nitrogen and oxygen atoms in total. The second-order valence-corrected chi connectivity index (χ2v) is 7.45. The molecule has 2 aromatic rings. The Morgan fingerprint density at radius 3 is 2.81 bits per heavy atom. The molecule has 3 heterocycles. The van der Waals surface area contributed by atoms with E-state index in [-0.39, 0.29) is 17.9 Å². The van der Waals surface area contributed by atoms with Crippen LogP contribution in [0.2, 0.25) is 0 Å². The number of fused-ring (bicyclic) bond motifs is 2. The van der Waals surface area contributed by atoms with Crippen LogP contribution in [0.1, 0.15) is 49.7 Å². The molecule has 0 spiro atoms. The summed E-state index contributed by atoms with van der Waals surface area (Å²) in [7, 11) is 1.83. The first-order valence-electron chi connectivity index (χ1n) is 8.71. The van der Waals surface area contributed by atoms with Crippen LogP contribution in [0.3, 0.4) is 0 Å². The number of anilines is 2. The standard InChI is InChI=1S/C18H21N7O2/c1-9-14(10(2)25-17(24(9)5)21-22-23-25)16(27)19-11-6-7-12-13(8-11)18(3,4)20-15(12)26/h6-8,10H,1-5H3,(H,19,27)(H,20,26). The summed E-state index contributed by atoms with van der Waals surface area (Å²) >= 11 is 0. The summed E-state index contributed by atoms with van der Waals surface area (Å²) in [6.45, 7) is 7.64. The smallest absolute Gasteiger partial charge is 0.255 e. The van der Waals surface area contributed by atoms with E-state index in [2.05, 4.69) is 26.2 Å². The maximum absolute atomic E-state index is 13.0. The van der Waals surface area contributed by atoms with Gasteiger partial charge in [0.05, 0.1) is 17.2 Å². The third kappa shape index (κ3) is 2.49. The Hall–Kier alpha value is -3.23. The Labute approximate surface area is 156 Å². The summed E-state index contributed by atoms with van der Waals surface area (Å²) < 4.78 is 1.62. The number of hydrogen-bond acceptors (Lipinski definition) is 6. The zero-order valence-corrected chi connectivity index (χ0v) is 15.9. The van der Waals surface area contributed by atoms with Crippen LogP contribution >= 0.6 is 0 Å². The fourth-order valence-electron chi connectivity index (χ4n) is 3.72. The van der Waals surface area contributed by atoms with Crippen LogP contribution in [0.15, 0.2) is 29.5 Å². The third-order valence-corrected chi connectivity index (χ3v) is 5.32. The number of nitrogens with zero attached hydrogens (tertiary/aromatic N) is 5. The normalized spacial score (nSPS) is 20.3. The molecule has 2 N–H and O–H groups in total. The summed E-state index contributed by atoms with van der Waals surface area (Å²) in [5.41, 5.74) is 3.06. The minimum absolute atomic E-state index is 0.0971. The number of hydrogen-bond donors (Lipinski definition) is 2. The van der Waals surface area contributed by atoms with E-state index in [0.29, 0.717) is 22.8 Å². The molecule has 0 fully saturated rings. The van der Waals surface area contributed by atoms with Gasteiger partial charge in [0.2, 0.25) is 5.95 Å². The maximum atomic E-state index is 13.0. The van der Waals surface area contributed by atoms with Crippen molar-refractivity contribution in [1.29, 1.82) is 0 Å². The van der Waals surface area contributed by atoms with E-state index >= 15 is 0 Å². The number of aromatic nitrogens is 4. The largest absolute Gasteiger partial charge is 0.343 e. The Kier molecular flexibility index (Phi) is 3.59. The second-order valence-electron chi connectivity index (χ2n) is 7.45. The highest BCUT2D eigenvalue weighted by atomic mass is 16.2. The van der Waals surface area contributed by atoms with E-state index in [1.54, 1.807) is 21.7 Å². The van der Waals surface area contributed by atoms with Crippen molar-refractivity contribution >= 4 is 23.5 Å². The summed E-state index contributed by atoms with van der Waals surface area (Å²) in [6.07, 6.45) is 0. The minimum Gasteiger partial charge on any atom is -0.343 e. The summed E-state index contributed by atoms with van der Waals surface area (Å²) in [6, 6.07) is 5.04. The fourth-order valence-corrected chi connectivity index (χ4v) is 3.72. The number of carbonyl (C=O) groups is 2. The van der Waals surface area contributed by atoms with Crippen molar-refractivity contribution in [2.24, 2.45) is 0 Å². The lowest BCUT2D eigenvalue weighted by molar-refractivity contribution is -0.113. The van der Waals surface area contributed by atoms with Gasteiger partial charge in [0.15, 0.2) is 0 Å². The van der Waals surface area contributed by atoms with Gasteiger partial charge in [0.1, 0.15) is 0 Å². The van der Waals surface area contributed by atoms with Gasteiger partial charge in [-0.3, -0.25) is 9.59 Å². The number of tetrazole rings is 1. The topological polar surface area (TPSA) is 105 Å². The predicted molar refractivity (Wildman–Crippen MR) is 99.2 cm³/mol. The fraction of sp³-hybridized carbons (Fsp3) is 0.389. The zero-order valence-electron chi connectivity index (χ0n) is 15.9. The van der Waals surface area contributed by atoms with Crippen LogP contribution in [-0.4, -0.2) is 39.1 Å². The van der Waals surface area contributed by atoms with Gasteiger partial charge in [-0.15, -0.1) is 0 Å². The van der Waals surface area contributed by atoms with Gasteiger partial charge in [-0.25, -0.2) is 4.68 Å². The monoisotopic (exact) mass is 367 g/mol. The Morgan fingerprint density at radius 2 is 2.07 bits per heavy atom. The molecule has 2 amide bonds. The molecule has 4 rings (SSSR count). The van der Waals surface area contributed by atoms with Crippen LogP contribution in [0, 0.1) is 0 Å². The van der Waals surface area contributed by atoms with Crippen molar-refractivity contribution in [2.45, 2.75) is 39.3 Å². The van der Waals surface area contributed by atoms with E-state index in [1.165, 1.54) is 0 Å². The van der Waals surface area contributed by atoms with Crippen LogP contribution in [0.4, 0.5) is 11.6 Å². The molecule has 27 heavy (non-hydrogen) atoms. The lowest BCUT2D eigenvalue weighted by atomic mass is 9.94. The zero-order chi connectivity index (χ0) is 19.5. The first-order valence-corrected chi connectivity index (χ1v) is 8.71. The highest BCUT2D eigenvalue weighted by molar-refractivity contribution is 6.06. The highest BCUT2D eigenvalue weighted by Crippen LogP contribution is 2.34. The molecular formula is C18H21N7O2. The average molecular weight is 367 g/mol. The van der Waals surface area contributed by atoms with E-state index < -0.39 is 5.54 Å². The van der Waals surface area contributed by atoms with Crippen molar-refractivity contribution < 1.29 is 9.59 Å². The molecule has 0 saturated heterocycles. The van der Waals surface area contributed by atoms with Crippen molar-refractivity contribution in [3.63, 3.8) is 0 Å². The molecule has 2 aliphatic heterocycles. The van der Waals surface area contributed by atoms with Gasteiger partial charge < -0.3 is 15.5 Å². The van der Waals surface area contributed by atoms with Crippen molar-refractivity contribution in [2.75, 3.05) is 17.3 Å². The quantitative estimate of drug-likeness (QED) is 0.835. The van der Waals surface area contributed by atoms with Gasteiger partial charge in [0.25, 0.3) is 11.8 Å². The number of carbonyl (C=O) groups excluding carboxylic acids is 2. The lowest BCUT2D eigenvalue weighted by Crippen LogP contribution is -2.34. The van der Waals surface area contributed by atoms with Crippen molar-refractivity contribution in [1.82, 2.24) is 25.5 Å². The lowest BCUT2D eigenvalue weighted by Gasteiger charge is -2.30. The van der Waals surface area contributed by atoms with Gasteiger partial charge >= 0.3 is 0 Å². The molecular weight excluding hydrogens is 346 g/mol. The minimum atomic E-state index is -0.470. The Morgan fingerprint density at radius 1 is 1.33 bits per heavy atom. The summed E-state index contributed by atoms with van der Waals surface area (Å²) in [4.78, 5) is 26.9. The van der Waals surface area contributed by atoms with E-state index in [4.69, 9.17) is 0 Å². The van der Waals surface area contributed by atoms with Crippen LogP contribution < -0.4 is 15.5 Å². The molecule has 1 aromatic carbocycles. The molecule has 0 radical (unpaired) electrons.